The fourth-order valence-corrected chi connectivity index (χ4v) is 2.60. The smallest absolute Gasteiger partial charge is 0.416 e. The highest BCUT2D eigenvalue weighted by Crippen LogP contribution is 2.45. The Hall–Kier alpha value is -1.04. The largest absolute Gasteiger partial charge is 0.481 e. The van der Waals surface area contributed by atoms with Crippen molar-refractivity contribution in [2.45, 2.75) is 24.9 Å². The van der Waals surface area contributed by atoms with Crippen LogP contribution >= 0.6 is 15.9 Å². The first-order valence-electron chi connectivity index (χ1n) is 5.40. The molecule has 1 aliphatic carbocycles. The molecule has 1 N–H and O–H groups in total. The Kier molecular flexibility index (Phi) is 3.40. The van der Waals surface area contributed by atoms with Crippen LogP contribution in [0.1, 0.15) is 29.9 Å². The number of alkyl halides is 3. The molecule has 0 amide bonds. The molecule has 18 heavy (non-hydrogen) atoms. The number of rotatable bonds is 3. The number of hydrogen-bond acceptors (Lipinski definition) is 1. The lowest BCUT2D eigenvalue weighted by molar-refractivity contribution is -0.139. The van der Waals surface area contributed by atoms with E-state index in [0.29, 0.717) is 5.56 Å². The summed E-state index contributed by atoms with van der Waals surface area (Å²) in [5.41, 5.74) is -0.365. The third-order valence-electron chi connectivity index (χ3n) is 3.02. The molecule has 1 aliphatic rings. The molecule has 1 atom stereocenters. The summed E-state index contributed by atoms with van der Waals surface area (Å²) in [7, 11) is 0. The van der Waals surface area contributed by atoms with Crippen molar-refractivity contribution >= 4 is 21.9 Å². The average Bonchev–Trinajstić information content (AvgIpc) is 3.03. The Morgan fingerprint density at radius 2 is 2.00 bits per heavy atom. The molecule has 6 heteroatoms. The van der Waals surface area contributed by atoms with E-state index in [1.807, 2.05) is 0 Å². The standard InChI is InChI=1S/C12H10BrF3O2/c13-9-5-7(12(14,15)16)3-4-8(9)10(11(17)18)6-1-2-6/h3-6,10H,1-2H2,(H,17,18). The lowest BCUT2D eigenvalue weighted by atomic mass is 9.93. The zero-order valence-corrected chi connectivity index (χ0v) is 10.8. The summed E-state index contributed by atoms with van der Waals surface area (Å²) in [6, 6.07) is 3.12. The first-order valence-corrected chi connectivity index (χ1v) is 6.19. The summed E-state index contributed by atoms with van der Waals surface area (Å²) < 4.78 is 37.7. The highest BCUT2D eigenvalue weighted by Gasteiger charge is 2.39. The Morgan fingerprint density at radius 3 is 2.39 bits per heavy atom. The van der Waals surface area contributed by atoms with Gasteiger partial charge >= 0.3 is 12.1 Å². The quantitative estimate of drug-likeness (QED) is 0.911. The lowest BCUT2D eigenvalue weighted by Crippen LogP contribution is -2.15. The van der Waals surface area contributed by atoms with Crippen LogP contribution < -0.4 is 0 Å². The van der Waals surface area contributed by atoms with Crippen molar-refractivity contribution in [1.82, 2.24) is 0 Å². The van der Waals surface area contributed by atoms with E-state index in [1.165, 1.54) is 6.07 Å². The van der Waals surface area contributed by atoms with Crippen molar-refractivity contribution in [1.29, 1.82) is 0 Å². The Bertz CT molecular complexity index is 481. The number of benzene rings is 1. The molecule has 0 aromatic heterocycles. The molecule has 1 unspecified atom stereocenters. The van der Waals surface area contributed by atoms with E-state index >= 15 is 0 Å². The van der Waals surface area contributed by atoms with Crippen LogP contribution in [0.5, 0.6) is 0 Å². The minimum absolute atomic E-state index is 0.0375. The van der Waals surface area contributed by atoms with Crippen LogP contribution in [0, 0.1) is 5.92 Å². The number of carbonyl (C=O) groups is 1. The van der Waals surface area contributed by atoms with Gasteiger partial charge in [0.2, 0.25) is 0 Å². The molecule has 0 spiro atoms. The number of hydrogen-bond donors (Lipinski definition) is 1. The maximum Gasteiger partial charge on any atom is 0.416 e. The first-order chi connectivity index (χ1) is 8.30. The number of carboxylic acids is 1. The second-order valence-electron chi connectivity index (χ2n) is 4.39. The van der Waals surface area contributed by atoms with Crippen molar-refractivity contribution < 1.29 is 23.1 Å². The second-order valence-corrected chi connectivity index (χ2v) is 5.24. The monoisotopic (exact) mass is 322 g/mol. The van der Waals surface area contributed by atoms with Gasteiger partial charge in [-0.3, -0.25) is 4.79 Å². The predicted octanol–water partition coefficient (Wildman–Crippen LogP) is 4.05. The SMILES string of the molecule is O=C(O)C(c1ccc(C(F)(F)F)cc1Br)C1CC1. The summed E-state index contributed by atoms with van der Waals surface area (Å²) in [5.74, 6) is -1.67. The molecule has 1 aromatic rings. The van der Waals surface area contributed by atoms with Crippen LogP contribution in [-0.4, -0.2) is 11.1 Å². The molecule has 0 heterocycles. The highest BCUT2D eigenvalue weighted by atomic mass is 79.9. The molecule has 0 aliphatic heterocycles. The lowest BCUT2D eigenvalue weighted by Gasteiger charge is -2.15. The van der Waals surface area contributed by atoms with Gasteiger partial charge in [0.15, 0.2) is 0 Å². The first kappa shape index (κ1) is 13.4. The topological polar surface area (TPSA) is 37.3 Å². The summed E-state index contributed by atoms with van der Waals surface area (Å²) in [4.78, 5) is 11.2. The van der Waals surface area contributed by atoms with Crippen LogP contribution in [0.15, 0.2) is 22.7 Å². The van der Waals surface area contributed by atoms with Crippen molar-refractivity contribution in [2.75, 3.05) is 0 Å². The summed E-state index contributed by atoms with van der Waals surface area (Å²) in [5, 5.41) is 9.15. The van der Waals surface area contributed by atoms with Crippen LogP contribution in [0.25, 0.3) is 0 Å². The predicted molar refractivity (Wildman–Crippen MR) is 62.2 cm³/mol. The van der Waals surface area contributed by atoms with Gasteiger partial charge in [0.05, 0.1) is 11.5 Å². The number of carboxylic acid groups (broad SMARTS) is 1. The molecule has 2 rings (SSSR count). The van der Waals surface area contributed by atoms with Gasteiger partial charge in [0.25, 0.3) is 0 Å². The average molecular weight is 323 g/mol. The van der Waals surface area contributed by atoms with Crippen molar-refractivity contribution in [3.8, 4) is 0 Å². The molecule has 0 bridgehead atoms. The third-order valence-corrected chi connectivity index (χ3v) is 3.71. The molecule has 1 fully saturated rings. The van der Waals surface area contributed by atoms with Gasteiger partial charge < -0.3 is 5.11 Å². The Morgan fingerprint density at radius 1 is 1.39 bits per heavy atom. The van der Waals surface area contributed by atoms with Crippen LogP contribution in [0.4, 0.5) is 13.2 Å². The molecule has 0 radical (unpaired) electrons. The van der Waals surface area contributed by atoms with Gasteiger partial charge in [0.1, 0.15) is 0 Å². The number of aliphatic carboxylic acids is 1. The van der Waals surface area contributed by atoms with Gasteiger partial charge in [-0.2, -0.15) is 13.2 Å². The number of halogens is 4. The van der Waals surface area contributed by atoms with E-state index in [9.17, 15) is 18.0 Å². The van der Waals surface area contributed by atoms with E-state index in [4.69, 9.17) is 5.11 Å². The van der Waals surface area contributed by atoms with Crippen molar-refractivity contribution in [3.63, 3.8) is 0 Å². The van der Waals surface area contributed by atoms with Crippen LogP contribution in [-0.2, 0) is 11.0 Å². The van der Waals surface area contributed by atoms with Gasteiger partial charge in [-0.25, -0.2) is 0 Å². The van der Waals surface area contributed by atoms with Gasteiger partial charge in [-0.15, -0.1) is 0 Å². The van der Waals surface area contributed by atoms with Gasteiger partial charge in [-0.05, 0) is 36.5 Å². The molecular weight excluding hydrogens is 313 g/mol. The zero-order chi connectivity index (χ0) is 13.5. The van der Waals surface area contributed by atoms with Crippen LogP contribution in [0.2, 0.25) is 0 Å². The van der Waals surface area contributed by atoms with Crippen molar-refractivity contribution in [3.05, 3.63) is 33.8 Å². The fourth-order valence-electron chi connectivity index (χ4n) is 1.97. The summed E-state index contributed by atoms with van der Waals surface area (Å²) in [6.07, 6.45) is -2.80. The van der Waals surface area contributed by atoms with E-state index < -0.39 is 23.6 Å². The minimum Gasteiger partial charge on any atom is -0.481 e. The maximum atomic E-state index is 12.5. The van der Waals surface area contributed by atoms with E-state index in [1.54, 1.807) is 0 Å². The zero-order valence-electron chi connectivity index (χ0n) is 9.17. The molecule has 2 nitrogen and oxygen atoms in total. The molecule has 98 valence electrons. The second kappa shape index (κ2) is 4.57. The Balaban J connectivity index is 2.37. The minimum atomic E-state index is -4.42. The third kappa shape index (κ3) is 2.68. The van der Waals surface area contributed by atoms with E-state index in [2.05, 4.69) is 15.9 Å². The Labute approximate surface area is 110 Å². The molecule has 1 aromatic carbocycles. The highest BCUT2D eigenvalue weighted by molar-refractivity contribution is 9.10. The van der Waals surface area contributed by atoms with E-state index in [-0.39, 0.29) is 10.4 Å². The molecule has 0 saturated heterocycles. The summed E-state index contributed by atoms with van der Waals surface area (Å²) >= 11 is 3.04. The van der Waals surface area contributed by atoms with Gasteiger partial charge in [-0.1, -0.05) is 22.0 Å². The maximum absolute atomic E-state index is 12.5. The molecular formula is C12H10BrF3O2. The van der Waals surface area contributed by atoms with Crippen LogP contribution in [0.3, 0.4) is 0 Å². The van der Waals surface area contributed by atoms with E-state index in [0.717, 1.165) is 25.0 Å². The fraction of sp³-hybridized carbons (Fsp3) is 0.417. The van der Waals surface area contributed by atoms with Crippen molar-refractivity contribution in [2.24, 2.45) is 5.92 Å². The molecule has 1 saturated carbocycles. The van der Waals surface area contributed by atoms with Gasteiger partial charge in [0, 0.05) is 4.47 Å². The summed E-state index contributed by atoms with van der Waals surface area (Å²) in [6.45, 7) is 0. The normalized spacial score (nSPS) is 17.6.